The molecule has 0 aliphatic rings. The fraction of sp³-hybridized carbons (Fsp3) is 0. The number of hydrogen-bond donors (Lipinski definition) is 1. The minimum atomic E-state index is -1.09. The highest BCUT2D eigenvalue weighted by Crippen LogP contribution is 2.30. The van der Waals surface area contributed by atoms with E-state index in [1.165, 1.54) is 11.3 Å². The molecule has 0 saturated carbocycles. The predicted octanol–water partition coefficient (Wildman–Crippen LogP) is 2.86. The number of aromatic carboxylic acids is 1. The van der Waals surface area contributed by atoms with Crippen molar-refractivity contribution >= 4 is 33.2 Å². The highest BCUT2D eigenvalue weighted by molar-refractivity contribution is 9.11. The summed E-state index contributed by atoms with van der Waals surface area (Å²) in [7, 11) is 0. The fourth-order valence-electron chi connectivity index (χ4n) is 1.03. The molecule has 0 saturated heterocycles. The Bertz CT molecular complexity index is 476. The van der Waals surface area contributed by atoms with Crippen LogP contribution in [0.25, 0.3) is 11.3 Å². The van der Waals surface area contributed by atoms with Gasteiger partial charge in [-0.2, -0.15) is 0 Å². The minimum absolute atomic E-state index is 0.0599. The molecule has 0 atom stereocenters. The third-order valence-electron chi connectivity index (χ3n) is 1.60. The Labute approximate surface area is 91.3 Å². The van der Waals surface area contributed by atoms with E-state index in [1.54, 1.807) is 11.4 Å². The predicted molar refractivity (Wildman–Crippen MR) is 54.5 cm³/mol. The van der Waals surface area contributed by atoms with Crippen LogP contribution in [-0.4, -0.2) is 16.1 Å². The van der Waals surface area contributed by atoms with E-state index in [9.17, 15) is 4.79 Å². The highest BCUT2D eigenvalue weighted by atomic mass is 79.9. The van der Waals surface area contributed by atoms with Crippen LogP contribution in [-0.2, 0) is 0 Å². The van der Waals surface area contributed by atoms with Gasteiger partial charge in [-0.25, -0.2) is 9.78 Å². The van der Waals surface area contributed by atoms with Gasteiger partial charge in [0.15, 0.2) is 17.8 Å². The summed E-state index contributed by atoms with van der Waals surface area (Å²) < 4.78 is 5.94. The van der Waals surface area contributed by atoms with Crippen LogP contribution in [0.4, 0.5) is 0 Å². The molecule has 2 rings (SSSR count). The number of carbonyl (C=O) groups is 1. The first-order valence-electron chi connectivity index (χ1n) is 3.59. The van der Waals surface area contributed by atoms with Crippen molar-refractivity contribution in [2.75, 3.05) is 0 Å². The molecule has 0 aliphatic carbocycles. The van der Waals surface area contributed by atoms with E-state index in [2.05, 4.69) is 20.9 Å². The van der Waals surface area contributed by atoms with Crippen LogP contribution in [0.1, 0.15) is 10.5 Å². The van der Waals surface area contributed by atoms with Gasteiger partial charge in [-0.3, -0.25) is 0 Å². The number of halogens is 1. The van der Waals surface area contributed by atoms with E-state index < -0.39 is 5.97 Å². The molecule has 0 aromatic carbocycles. The number of carboxylic acid groups (broad SMARTS) is 1. The first kappa shape index (κ1) is 9.42. The van der Waals surface area contributed by atoms with Gasteiger partial charge in [0.1, 0.15) is 0 Å². The van der Waals surface area contributed by atoms with E-state index in [0.717, 1.165) is 15.7 Å². The summed E-state index contributed by atoms with van der Waals surface area (Å²) in [6.45, 7) is 0. The average molecular weight is 274 g/mol. The lowest BCUT2D eigenvalue weighted by Gasteiger charge is -1.91. The fourth-order valence-corrected chi connectivity index (χ4v) is 2.17. The van der Waals surface area contributed by atoms with Crippen molar-refractivity contribution < 1.29 is 14.3 Å². The molecule has 0 fully saturated rings. The summed E-state index contributed by atoms with van der Waals surface area (Å²) in [5, 5.41) is 10.6. The van der Waals surface area contributed by atoms with Crippen LogP contribution in [0, 0.1) is 0 Å². The summed E-state index contributed by atoms with van der Waals surface area (Å²) in [6.07, 6.45) is 1.13. The maximum Gasteiger partial charge on any atom is 0.358 e. The molecule has 72 valence electrons. The standard InChI is InChI=1S/C8H4BrNO3S/c9-5-1-4(2-14-5)7-6(8(11)12)10-3-13-7/h1-3H,(H,11,12). The number of carboxylic acids is 1. The van der Waals surface area contributed by atoms with Gasteiger partial charge >= 0.3 is 5.97 Å². The van der Waals surface area contributed by atoms with E-state index in [-0.39, 0.29) is 5.69 Å². The smallest absolute Gasteiger partial charge is 0.358 e. The number of rotatable bonds is 2. The lowest BCUT2D eigenvalue weighted by atomic mass is 10.2. The lowest BCUT2D eigenvalue weighted by Crippen LogP contribution is -1.97. The Morgan fingerprint density at radius 1 is 1.64 bits per heavy atom. The SMILES string of the molecule is O=C(O)c1ncoc1-c1csc(Br)c1. The molecular formula is C8H4BrNO3S. The molecule has 2 aromatic rings. The second-order valence-corrected chi connectivity index (χ2v) is 4.77. The van der Waals surface area contributed by atoms with Crippen molar-refractivity contribution in [3.8, 4) is 11.3 Å². The number of oxazole rings is 1. The molecule has 0 spiro atoms. The largest absolute Gasteiger partial charge is 0.476 e. The second kappa shape index (κ2) is 3.55. The normalized spacial score (nSPS) is 10.4. The van der Waals surface area contributed by atoms with Gasteiger partial charge in [0, 0.05) is 10.9 Å². The summed E-state index contributed by atoms with van der Waals surface area (Å²) in [6, 6.07) is 1.79. The summed E-state index contributed by atoms with van der Waals surface area (Å²) in [4.78, 5) is 14.4. The van der Waals surface area contributed by atoms with Crippen molar-refractivity contribution in [3.63, 3.8) is 0 Å². The van der Waals surface area contributed by atoms with Crippen molar-refractivity contribution in [1.82, 2.24) is 4.98 Å². The van der Waals surface area contributed by atoms with Crippen LogP contribution in [0.3, 0.4) is 0 Å². The highest BCUT2D eigenvalue weighted by Gasteiger charge is 2.17. The van der Waals surface area contributed by atoms with Crippen molar-refractivity contribution in [2.24, 2.45) is 0 Å². The van der Waals surface area contributed by atoms with Gasteiger partial charge in [-0.05, 0) is 22.0 Å². The number of nitrogens with zero attached hydrogens (tertiary/aromatic N) is 1. The maximum atomic E-state index is 10.7. The van der Waals surface area contributed by atoms with Crippen LogP contribution in [0.5, 0.6) is 0 Å². The van der Waals surface area contributed by atoms with E-state index >= 15 is 0 Å². The molecule has 2 heterocycles. The molecule has 0 aliphatic heterocycles. The molecule has 4 nitrogen and oxygen atoms in total. The Morgan fingerprint density at radius 2 is 2.43 bits per heavy atom. The Hall–Kier alpha value is -1.14. The molecule has 0 amide bonds. The monoisotopic (exact) mass is 273 g/mol. The van der Waals surface area contributed by atoms with Gasteiger partial charge in [0.05, 0.1) is 3.79 Å². The molecule has 0 radical (unpaired) electrons. The first-order valence-corrected chi connectivity index (χ1v) is 5.27. The van der Waals surface area contributed by atoms with Gasteiger partial charge < -0.3 is 9.52 Å². The third kappa shape index (κ3) is 1.58. The summed E-state index contributed by atoms with van der Waals surface area (Å²) in [5.41, 5.74) is 0.659. The van der Waals surface area contributed by atoms with Crippen LogP contribution in [0.15, 0.2) is 26.0 Å². The van der Waals surface area contributed by atoms with Crippen molar-refractivity contribution in [2.45, 2.75) is 0 Å². The minimum Gasteiger partial charge on any atom is -0.476 e. The van der Waals surface area contributed by atoms with Crippen molar-refractivity contribution in [3.05, 3.63) is 27.3 Å². The first-order chi connectivity index (χ1) is 6.68. The Kier molecular flexibility index (Phi) is 2.39. The Balaban J connectivity index is 2.51. The number of hydrogen-bond acceptors (Lipinski definition) is 4. The molecule has 1 N–H and O–H groups in total. The quantitative estimate of drug-likeness (QED) is 0.914. The topological polar surface area (TPSA) is 63.3 Å². The van der Waals surface area contributed by atoms with Crippen LogP contribution < -0.4 is 0 Å². The van der Waals surface area contributed by atoms with E-state index in [4.69, 9.17) is 9.52 Å². The van der Waals surface area contributed by atoms with Crippen molar-refractivity contribution in [1.29, 1.82) is 0 Å². The molecule has 2 aromatic heterocycles. The number of aromatic nitrogens is 1. The molecule has 6 heteroatoms. The molecule has 0 unspecified atom stereocenters. The summed E-state index contributed by atoms with van der Waals surface area (Å²) >= 11 is 4.75. The zero-order valence-electron chi connectivity index (χ0n) is 6.73. The third-order valence-corrected chi connectivity index (χ3v) is 3.10. The van der Waals surface area contributed by atoms with Gasteiger partial charge in [0.25, 0.3) is 0 Å². The van der Waals surface area contributed by atoms with E-state index in [1.807, 2.05) is 0 Å². The molecular weight excluding hydrogens is 270 g/mol. The number of thiophene rings is 1. The van der Waals surface area contributed by atoms with Gasteiger partial charge in [-0.1, -0.05) is 0 Å². The van der Waals surface area contributed by atoms with Gasteiger partial charge in [-0.15, -0.1) is 11.3 Å². The molecule has 0 bridgehead atoms. The van der Waals surface area contributed by atoms with Gasteiger partial charge in [0.2, 0.25) is 0 Å². The van der Waals surface area contributed by atoms with Crippen LogP contribution >= 0.6 is 27.3 Å². The summed E-state index contributed by atoms with van der Waals surface area (Å²) in [5.74, 6) is -0.796. The maximum absolute atomic E-state index is 10.7. The average Bonchev–Trinajstić information content (AvgIpc) is 2.70. The lowest BCUT2D eigenvalue weighted by molar-refractivity contribution is 0.0691. The molecule has 14 heavy (non-hydrogen) atoms. The zero-order valence-corrected chi connectivity index (χ0v) is 9.13. The second-order valence-electron chi connectivity index (χ2n) is 2.47. The zero-order chi connectivity index (χ0) is 10.1. The Morgan fingerprint density at radius 3 is 3.00 bits per heavy atom. The van der Waals surface area contributed by atoms with Crippen LogP contribution in [0.2, 0.25) is 0 Å². The van der Waals surface area contributed by atoms with E-state index in [0.29, 0.717) is 5.76 Å².